The summed E-state index contributed by atoms with van der Waals surface area (Å²) in [5.41, 5.74) is 8.69. The number of rotatable bonds is 5. The van der Waals surface area contributed by atoms with Gasteiger partial charge in [0, 0.05) is 42.9 Å². The van der Waals surface area contributed by atoms with Gasteiger partial charge in [-0.3, -0.25) is 0 Å². The van der Waals surface area contributed by atoms with E-state index in [1.807, 2.05) is 17.4 Å². The first-order valence-electron chi connectivity index (χ1n) is 20.9. The molecule has 4 nitrogen and oxygen atoms in total. The maximum atomic E-state index is 5.39. The lowest BCUT2D eigenvalue weighted by atomic mass is 10.0. The molecule has 62 heavy (non-hydrogen) atoms. The van der Waals surface area contributed by atoms with E-state index in [-0.39, 0.29) is 0 Å². The third-order valence-electron chi connectivity index (χ3n) is 12.4. The van der Waals surface area contributed by atoms with E-state index in [1.165, 1.54) is 63.7 Å². The second kappa shape index (κ2) is 13.8. The van der Waals surface area contributed by atoms with Crippen molar-refractivity contribution in [2.45, 2.75) is 0 Å². The summed E-state index contributed by atoms with van der Waals surface area (Å²) in [5, 5.41) is 11.9. The Bertz CT molecular complexity index is 3820. The van der Waals surface area contributed by atoms with Crippen LogP contribution in [0.3, 0.4) is 0 Å². The van der Waals surface area contributed by atoms with Crippen molar-refractivity contribution in [3.63, 3.8) is 0 Å². The fraction of sp³-hybridized carbons (Fsp3) is 0. The molecule has 0 aliphatic rings. The molecule has 10 aromatic carbocycles. The highest BCUT2D eigenvalue weighted by atomic mass is 32.1. The smallest absolute Gasteiger partial charge is 0.164 e. The molecule has 0 spiro atoms. The number of nitrogens with zero attached hydrogens (tertiary/aromatic N) is 4. The SMILES string of the molecule is c1ccc(-c2ccc(-c3nc(-c4cccc5ccccc45)nc(-c4ccc(-n5c6cc7ccccc7cc6c6cc7ccccc7cc65)c5sc6ccccc6c45)n3)cc2)cc1. The Balaban J connectivity index is 1.09. The van der Waals surface area contributed by atoms with Gasteiger partial charge in [-0.15, -0.1) is 11.3 Å². The summed E-state index contributed by atoms with van der Waals surface area (Å²) in [4.78, 5) is 16.0. The summed E-state index contributed by atoms with van der Waals surface area (Å²) in [7, 11) is 0. The number of hydrogen-bond acceptors (Lipinski definition) is 4. The van der Waals surface area contributed by atoms with Crippen molar-refractivity contribution in [3.8, 4) is 51.0 Å². The highest BCUT2D eigenvalue weighted by Crippen LogP contribution is 2.46. The van der Waals surface area contributed by atoms with Gasteiger partial charge in [0.25, 0.3) is 0 Å². The van der Waals surface area contributed by atoms with Crippen LogP contribution in [0.2, 0.25) is 0 Å². The molecular formula is C57H34N4S. The second-order valence-electron chi connectivity index (χ2n) is 16.0. The van der Waals surface area contributed by atoms with Crippen LogP contribution < -0.4 is 0 Å². The monoisotopic (exact) mass is 806 g/mol. The highest BCUT2D eigenvalue weighted by Gasteiger charge is 2.23. The maximum Gasteiger partial charge on any atom is 0.164 e. The van der Waals surface area contributed by atoms with Gasteiger partial charge in [-0.1, -0.05) is 164 Å². The molecule has 0 atom stereocenters. The van der Waals surface area contributed by atoms with E-state index >= 15 is 0 Å². The van der Waals surface area contributed by atoms with Crippen molar-refractivity contribution in [3.05, 3.63) is 206 Å². The van der Waals surface area contributed by atoms with Gasteiger partial charge in [0.15, 0.2) is 17.5 Å². The molecule has 0 unspecified atom stereocenters. The van der Waals surface area contributed by atoms with E-state index in [0.29, 0.717) is 17.5 Å². The standard InChI is InChI=1S/C57H34N4S/c1-2-13-35(14-3-1)36-25-27-38(28-26-36)55-58-56(44-23-12-20-37-15-8-9-21-43(37)44)60-57(59-55)46-29-30-49(54-53(46)45-22-10-11-24-52(45)62-54)61-50-33-41-18-6-4-16-39(41)31-47(50)48-32-40-17-5-7-19-42(40)34-51(48)61/h1-34H. The molecule has 0 saturated carbocycles. The third-order valence-corrected chi connectivity index (χ3v) is 13.6. The largest absolute Gasteiger partial charge is 0.308 e. The van der Waals surface area contributed by atoms with Crippen molar-refractivity contribution >= 4 is 85.6 Å². The van der Waals surface area contributed by atoms with Crippen LogP contribution in [0, 0.1) is 0 Å². The van der Waals surface area contributed by atoms with Crippen LogP contribution in [-0.4, -0.2) is 19.5 Å². The lowest BCUT2D eigenvalue weighted by molar-refractivity contribution is 1.08. The first-order valence-corrected chi connectivity index (χ1v) is 21.7. The van der Waals surface area contributed by atoms with Gasteiger partial charge in [0.05, 0.1) is 21.4 Å². The number of aromatic nitrogens is 4. The third kappa shape index (κ3) is 5.49. The zero-order valence-corrected chi connectivity index (χ0v) is 34.1. The summed E-state index contributed by atoms with van der Waals surface area (Å²) in [6, 6.07) is 73.9. The predicted molar refractivity (Wildman–Crippen MR) is 261 cm³/mol. The molecule has 0 aliphatic heterocycles. The summed E-state index contributed by atoms with van der Waals surface area (Å²) in [6.07, 6.45) is 0. The zero-order chi connectivity index (χ0) is 40.7. The Labute approximate surface area is 360 Å². The minimum atomic E-state index is 0.635. The van der Waals surface area contributed by atoms with Crippen LogP contribution in [0.5, 0.6) is 0 Å². The maximum absolute atomic E-state index is 5.39. The molecule has 0 aliphatic carbocycles. The fourth-order valence-electron chi connectivity index (χ4n) is 9.43. The molecule has 0 radical (unpaired) electrons. The highest BCUT2D eigenvalue weighted by molar-refractivity contribution is 7.26. The lowest BCUT2D eigenvalue weighted by Crippen LogP contribution is -2.01. The Kier molecular flexibility index (Phi) is 7.74. The van der Waals surface area contributed by atoms with Gasteiger partial charge < -0.3 is 4.57 Å². The van der Waals surface area contributed by atoms with Crippen LogP contribution in [-0.2, 0) is 0 Å². The van der Waals surface area contributed by atoms with Crippen LogP contribution in [0.1, 0.15) is 0 Å². The summed E-state index contributed by atoms with van der Waals surface area (Å²) < 4.78 is 4.89. The lowest BCUT2D eigenvalue weighted by Gasteiger charge is -2.14. The number of benzene rings is 10. The summed E-state index contributed by atoms with van der Waals surface area (Å²) >= 11 is 1.83. The first-order chi connectivity index (χ1) is 30.7. The Morgan fingerprint density at radius 2 is 0.855 bits per heavy atom. The minimum Gasteiger partial charge on any atom is -0.308 e. The summed E-state index contributed by atoms with van der Waals surface area (Å²) in [6.45, 7) is 0. The molecule has 3 heterocycles. The second-order valence-corrected chi connectivity index (χ2v) is 17.0. The van der Waals surface area contributed by atoms with Crippen LogP contribution in [0.4, 0.5) is 0 Å². The molecular weight excluding hydrogens is 773 g/mol. The van der Waals surface area contributed by atoms with E-state index in [4.69, 9.17) is 15.0 Å². The molecule has 0 saturated heterocycles. The van der Waals surface area contributed by atoms with Crippen molar-refractivity contribution in [1.82, 2.24) is 19.5 Å². The van der Waals surface area contributed by atoms with E-state index in [0.717, 1.165) is 44.1 Å². The van der Waals surface area contributed by atoms with Gasteiger partial charge in [-0.25, -0.2) is 15.0 Å². The van der Waals surface area contributed by atoms with E-state index < -0.39 is 0 Å². The first kappa shape index (κ1) is 34.8. The van der Waals surface area contributed by atoms with E-state index in [2.05, 4.69) is 205 Å². The molecule has 0 fully saturated rings. The number of fused-ring (bicyclic) bond motifs is 9. The van der Waals surface area contributed by atoms with Gasteiger partial charge in [0.1, 0.15) is 0 Å². The van der Waals surface area contributed by atoms with E-state index in [1.54, 1.807) is 0 Å². The Morgan fingerprint density at radius 1 is 0.339 bits per heavy atom. The number of hydrogen-bond donors (Lipinski definition) is 0. The Morgan fingerprint density at radius 3 is 1.55 bits per heavy atom. The van der Waals surface area contributed by atoms with Crippen molar-refractivity contribution in [1.29, 1.82) is 0 Å². The van der Waals surface area contributed by atoms with Crippen molar-refractivity contribution in [2.75, 3.05) is 0 Å². The summed E-state index contributed by atoms with van der Waals surface area (Å²) in [5.74, 6) is 1.92. The topological polar surface area (TPSA) is 43.6 Å². The molecule has 13 aromatic rings. The van der Waals surface area contributed by atoms with Crippen molar-refractivity contribution < 1.29 is 0 Å². The van der Waals surface area contributed by atoms with Crippen molar-refractivity contribution in [2.24, 2.45) is 0 Å². The van der Waals surface area contributed by atoms with Crippen LogP contribution in [0.15, 0.2) is 206 Å². The van der Waals surface area contributed by atoms with Gasteiger partial charge in [-0.05, 0) is 85.9 Å². The van der Waals surface area contributed by atoms with Gasteiger partial charge in [0.2, 0.25) is 0 Å². The van der Waals surface area contributed by atoms with Gasteiger partial charge in [-0.2, -0.15) is 0 Å². The average molecular weight is 807 g/mol. The average Bonchev–Trinajstić information content (AvgIpc) is 3.87. The minimum absolute atomic E-state index is 0.635. The molecule has 0 N–H and O–H groups in total. The predicted octanol–water partition coefficient (Wildman–Crippen LogP) is 15.5. The molecule has 5 heteroatoms. The van der Waals surface area contributed by atoms with Gasteiger partial charge >= 0.3 is 0 Å². The molecule has 0 bridgehead atoms. The molecule has 3 aromatic heterocycles. The molecule has 13 rings (SSSR count). The Hall–Kier alpha value is -7.99. The molecule has 0 amide bonds. The zero-order valence-electron chi connectivity index (χ0n) is 33.3. The normalized spacial score (nSPS) is 11.9. The molecule has 288 valence electrons. The quantitative estimate of drug-likeness (QED) is 0.174. The number of thiophene rings is 1. The van der Waals surface area contributed by atoms with Crippen LogP contribution in [0.25, 0.3) is 125 Å². The fourth-order valence-corrected chi connectivity index (χ4v) is 10.7. The van der Waals surface area contributed by atoms with Crippen LogP contribution >= 0.6 is 11.3 Å². The van der Waals surface area contributed by atoms with E-state index in [9.17, 15) is 0 Å².